The molecule has 1 atom stereocenters. The molecule has 0 saturated carbocycles. The molecule has 1 aliphatic rings. The first-order valence-electron chi connectivity index (χ1n) is 5.88. The number of likely N-dealkylation sites (tertiary alicyclic amines) is 1. The van der Waals surface area contributed by atoms with Crippen LogP contribution >= 0.6 is 0 Å². The van der Waals surface area contributed by atoms with Crippen molar-refractivity contribution in [3.05, 3.63) is 34.9 Å². The summed E-state index contributed by atoms with van der Waals surface area (Å²) in [5.74, 6) is -1.88. The molecule has 1 aromatic carbocycles. The number of hydrogen-bond donors (Lipinski definition) is 1. The van der Waals surface area contributed by atoms with E-state index in [-0.39, 0.29) is 23.7 Å². The average Bonchev–Trinajstić information content (AvgIpc) is 2.81. The van der Waals surface area contributed by atoms with Crippen LogP contribution in [-0.4, -0.2) is 35.6 Å². The SMILES string of the molecule is Cc1cc(C(=O)N2CCC(CO)C2)c(F)cc1F. The summed E-state index contributed by atoms with van der Waals surface area (Å²) in [6, 6.07) is 1.97. The number of halogens is 2. The van der Waals surface area contributed by atoms with Gasteiger partial charge in [0.25, 0.3) is 5.91 Å². The summed E-state index contributed by atoms with van der Waals surface area (Å²) in [6.45, 7) is 2.44. The number of aliphatic hydroxyl groups is 1. The highest BCUT2D eigenvalue weighted by Gasteiger charge is 2.28. The lowest BCUT2D eigenvalue weighted by atomic mass is 10.1. The Morgan fingerprint density at radius 3 is 2.78 bits per heavy atom. The third kappa shape index (κ3) is 2.36. The predicted octanol–water partition coefficient (Wildman–Crippen LogP) is 1.73. The van der Waals surface area contributed by atoms with Crippen molar-refractivity contribution in [3.8, 4) is 0 Å². The Labute approximate surface area is 104 Å². The third-order valence-electron chi connectivity index (χ3n) is 3.31. The molecule has 1 unspecified atom stereocenters. The molecule has 1 amide bonds. The zero-order chi connectivity index (χ0) is 13.3. The number of amides is 1. The molecule has 18 heavy (non-hydrogen) atoms. The van der Waals surface area contributed by atoms with E-state index in [2.05, 4.69) is 0 Å². The van der Waals surface area contributed by atoms with Crippen molar-refractivity contribution < 1.29 is 18.7 Å². The fourth-order valence-electron chi connectivity index (χ4n) is 2.16. The molecule has 1 saturated heterocycles. The number of hydrogen-bond acceptors (Lipinski definition) is 2. The summed E-state index contributed by atoms with van der Waals surface area (Å²) in [5, 5.41) is 9.01. The van der Waals surface area contributed by atoms with Gasteiger partial charge in [-0.15, -0.1) is 0 Å². The number of aliphatic hydroxyl groups excluding tert-OH is 1. The van der Waals surface area contributed by atoms with Gasteiger partial charge in [0, 0.05) is 31.7 Å². The predicted molar refractivity (Wildman–Crippen MR) is 62.2 cm³/mol. The molecule has 3 nitrogen and oxygen atoms in total. The number of benzene rings is 1. The average molecular weight is 255 g/mol. The fraction of sp³-hybridized carbons (Fsp3) is 0.462. The smallest absolute Gasteiger partial charge is 0.256 e. The van der Waals surface area contributed by atoms with Crippen LogP contribution in [0, 0.1) is 24.5 Å². The number of carbonyl (C=O) groups excluding carboxylic acids is 1. The highest BCUT2D eigenvalue weighted by atomic mass is 19.1. The Kier molecular flexibility index (Phi) is 3.61. The van der Waals surface area contributed by atoms with Gasteiger partial charge < -0.3 is 10.0 Å². The Hall–Kier alpha value is -1.49. The van der Waals surface area contributed by atoms with E-state index in [0.717, 1.165) is 6.07 Å². The van der Waals surface area contributed by atoms with Crippen molar-refractivity contribution in [2.45, 2.75) is 13.3 Å². The van der Waals surface area contributed by atoms with Crippen LogP contribution in [0.25, 0.3) is 0 Å². The van der Waals surface area contributed by atoms with Crippen LogP contribution in [0.2, 0.25) is 0 Å². The van der Waals surface area contributed by atoms with E-state index in [1.807, 2.05) is 0 Å². The van der Waals surface area contributed by atoms with E-state index < -0.39 is 17.5 Å². The monoisotopic (exact) mass is 255 g/mol. The van der Waals surface area contributed by atoms with Gasteiger partial charge in [0.05, 0.1) is 5.56 Å². The first-order chi connectivity index (χ1) is 8.52. The molecule has 0 bridgehead atoms. The quantitative estimate of drug-likeness (QED) is 0.874. The lowest BCUT2D eigenvalue weighted by molar-refractivity contribution is 0.0777. The minimum atomic E-state index is -0.837. The van der Waals surface area contributed by atoms with Gasteiger partial charge in [-0.05, 0) is 25.0 Å². The van der Waals surface area contributed by atoms with Gasteiger partial charge >= 0.3 is 0 Å². The van der Waals surface area contributed by atoms with E-state index in [9.17, 15) is 13.6 Å². The molecule has 1 aromatic rings. The highest BCUT2D eigenvalue weighted by molar-refractivity contribution is 5.94. The van der Waals surface area contributed by atoms with Crippen molar-refractivity contribution >= 4 is 5.91 Å². The fourth-order valence-corrected chi connectivity index (χ4v) is 2.16. The molecule has 1 N–H and O–H groups in total. The largest absolute Gasteiger partial charge is 0.396 e. The number of carbonyl (C=O) groups is 1. The van der Waals surface area contributed by atoms with Crippen LogP contribution in [0.3, 0.4) is 0 Å². The van der Waals surface area contributed by atoms with E-state index in [0.29, 0.717) is 19.5 Å². The first kappa shape index (κ1) is 13.0. The van der Waals surface area contributed by atoms with Crippen LogP contribution in [-0.2, 0) is 0 Å². The Balaban J connectivity index is 2.22. The maximum absolute atomic E-state index is 13.6. The van der Waals surface area contributed by atoms with Crippen molar-refractivity contribution in [3.63, 3.8) is 0 Å². The van der Waals surface area contributed by atoms with Crippen LogP contribution in [0.4, 0.5) is 8.78 Å². The van der Waals surface area contributed by atoms with Crippen molar-refractivity contribution in [1.29, 1.82) is 0 Å². The maximum atomic E-state index is 13.6. The molecule has 1 heterocycles. The van der Waals surface area contributed by atoms with Gasteiger partial charge in [0.15, 0.2) is 0 Å². The second-order valence-corrected chi connectivity index (χ2v) is 4.67. The Morgan fingerprint density at radius 2 is 2.17 bits per heavy atom. The summed E-state index contributed by atoms with van der Waals surface area (Å²) in [4.78, 5) is 13.6. The molecular weight excluding hydrogens is 240 g/mol. The zero-order valence-electron chi connectivity index (χ0n) is 10.1. The van der Waals surface area contributed by atoms with E-state index >= 15 is 0 Å². The summed E-state index contributed by atoms with van der Waals surface area (Å²) in [7, 11) is 0. The standard InChI is InChI=1S/C13H15F2NO2/c1-8-4-10(12(15)5-11(8)14)13(18)16-3-2-9(6-16)7-17/h4-5,9,17H,2-3,6-7H2,1H3. The molecule has 0 aromatic heterocycles. The molecule has 1 fully saturated rings. The Bertz CT molecular complexity index is 476. The van der Waals surface area contributed by atoms with Gasteiger partial charge in [-0.1, -0.05) is 0 Å². The summed E-state index contributed by atoms with van der Waals surface area (Å²) < 4.78 is 26.7. The minimum absolute atomic E-state index is 0.0225. The first-order valence-corrected chi connectivity index (χ1v) is 5.88. The second-order valence-electron chi connectivity index (χ2n) is 4.67. The van der Waals surface area contributed by atoms with Gasteiger partial charge in [0.1, 0.15) is 11.6 Å². The second kappa shape index (κ2) is 5.02. The maximum Gasteiger partial charge on any atom is 0.256 e. The van der Waals surface area contributed by atoms with Crippen LogP contribution in [0.1, 0.15) is 22.3 Å². The lowest BCUT2D eigenvalue weighted by Gasteiger charge is -2.17. The van der Waals surface area contributed by atoms with Crippen LogP contribution in [0.15, 0.2) is 12.1 Å². The lowest BCUT2D eigenvalue weighted by Crippen LogP contribution is -2.30. The molecule has 2 rings (SSSR count). The van der Waals surface area contributed by atoms with E-state index in [4.69, 9.17) is 5.11 Å². The van der Waals surface area contributed by atoms with Gasteiger partial charge in [-0.3, -0.25) is 4.79 Å². The molecule has 5 heteroatoms. The van der Waals surface area contributed by atoms with Gasteiger partial charge in [-0.2, -0.15) is 0 Å². The summed E-state index contributed by atoms with van der Waals surface area (Å²) >= 11 is 0. The topological polar surface area (TPSA) is 40.5 Å². The van der Waals surface area contributed by atoms with Crippen LogP contribution in [0.5, 0.6) is 0 Å². The zero-order valence-corrected chi connectivity index (χ0v) is 10.1. The highest BCUT2D eigenvalue weighted by Crippen LogP contribution is 2.21. The normalized spacial score (nSPS) is 19.3. The Morgan fingerprint density at radius 1 is 1.44 bits per heavy atom. The number of nitrogens with zero attached hydrogens (tertiary/aromatic N) is 1. The van der Waals surface area contributed by atoms with Gasteiger partial charge in [-0.25, -0.2) is 8.78 Å². The molecule has 0 aliphatic carbocycles. The molecule has 0 spiro atoms. The number of rotatable bonds is 2. The summed E-state index contributed by atoms with van der Waals surface area (Å²) in [5.41, 5.74) is 0.144. The van der Waals surface area contributed by atoms with Crippen molar-refractivity contribution in [2.75, 3.05) is 19.7 Å². The van der Waals surface area contributed by atoms with Crippen LogP contribution < -0.4 is 0 Å². The number of aryl methyl sites for hydroxylation is 1. The molecule has 98 valence electrons. The van der Waals surface area contributed by atoms with Gasteiger partial charge in [0.2, 0.25) is 0 Å². The molecular formula is C13H15F2NO2. The van der Waals surface area contributed by atoms with E-state index in [1.54, 1.807) is 0 Å². The third-order valence-corrected chi connectivity index (χ3v) is 3.31. The van der Waals surface area contributed by atoms with Crippen molar-refractivity contribution in [2.24, 2.45) is 5.92 Å². The minimum Gasteiger partial charge on any atom is -0.396 e. The summed E-state index contributed by atoms with van der Waals surface area (Å²) in [6.07, 6.45) is 0.712. The van der Waals surface area contributed by atoms with Crippen molar-refractivity contribution in [1.82, 2.24) is 4.90 Å². The molecule has 1 aliphatic heterocycles. The van der Waals surface area contributed by atoms with E-state index in [1.165, 1.54) is 17.9 Å². The molecule has 0 radical (unpaired) electrons.